The lowest BCUT2D eigenvalue weighted by Gasteiger charge is -2.48. The van der Waals surface area contributed by atoms with E-state index in [4.69, 9.17) is 4.74 Å². The number of urea groups is 1. The highest BCUT2D eigenvalue weighted by molar-refractivity contribution is 5.78. The summed E-state index contributed by atoms with van der Waals surface area (Å²) in [6.07, 6.45) is 3.95. The van der Waals surface area contributed by atoms with Gasteiger partial charge in [0.25, 0.3) is 0 Å². The van der Waals surface area contributed by atoms with Crippen LogP contribution in [0.2, 0.25) is 0 Å². The van der Waals surface area contributed by atoms with Crippen LogP contribution >= 0.6 is 0 Å². The fourth-order valence-electron chi connectivity index (χ4n) is 4.92. The summed E-state index contributed by atoms with van der Waals surface area (Å²) in [6, 6.07) is 18.7. The van der Waals surface area contributed by atoms with Gasteiger partial charge in [0.15, 0.2) is 0 Å². The SMILES string of the molecule is CN[C@]1(c2ccccc2)CC[C@@]2(CC1)CNC(=O)N2Cc1ccccc1OC. The molecule has 5 heteroatoms. The van der Waals surface area contributed by atoms with Crippen molar-refractivity contribution in [3.05, 3.63) is 65.7 Å². The fourth-order valence-corrected chi connectivity index (χ4v) is 4.92. The number of benzene rings is 2. The summed E-state index contributed by atoms with van der Waals surface area (Å²) in [5.74, 6) is 0.835. The molecule has 0 aromatic heterocycles. The zero-order valence-corrected chi connectivity index (χ0v) is 16.7. The second kappa shape index (κ2) is 7.47. The Balaban J connectivity index is 1.57. The van der Waals surface area contributed by atoms with E-state index in [-0.39, 0.29) is 17.1 Å². The van der Waals surface area contributed by atoms with Crippen LogP contribution in [-0.4, -0.2) is 37.2 Å². The molecule has 2 aromatic rings. The third-order valence-electron chi connectivity index (χ3n) is 6.75. The van der Waals surface area contributed by atoms with E-state index < -0.39 is 0 Å². The standard InChI is InChI=1S/C23H29N3O2/c1-24-23(19-9-4-3-5-10-19)14-12-22(13-15-23)17-25-21(27)26(22)16-18-8-6-7-11-20(18)28-2/h3-11,24H,12-17H2,1-2H3,(H,25,27)/t22-,23-. The number of amides is 2. The summed E-state index contributed by atoms with van der Waals surface area (Å²) >= 11 is 0. The van der Waals surface area contributed by atoms with Crippen molar-refractivity contribution >= 4 is 6.03 Å². The van der Waals surface area contributed by atoms with Crippen LogP contribution in [0.5, 0.6) is 5.75 Å². The molecular weight excluding hydrogens is 350 g/mol. The van der Waals surface area contributed by atoms with Crippen LogP contribution in [0.3, 0.4) is 0 Å². The Hall–Kier alpha value is -2.53. The molecule has 5 nitrogen and oxygen atoms in total. The van der Waals surface area contributed by atoms with Crippen molar-refractivity contribution in [3.8, 4) is 5.75 Å². The Labute approximate surface area is 167 Å². The van der Waals surface area contributed by atoms with Crippen LogP contribution in [0.15, 0.2) is 54.6 Å². The molecule has 28 heavy (non-hydrogen) atoms. The van der Waals surface area contributed by atoms with Gasteiger partial charge in [-0.25, -0.2) is 4.79 Å². The van der Waals surface area contributed by atoms with Gasteiger partial charge in [-0.3, -0.25) is 0 Å². The Morgan fingerprint density at radius 2 is 1.71 bits per heavy atom. The van der Waals surface area contributed by atoms with E-state index in [1.165, 1.54) is 5.56 Å². The van der Waals surface area contributed by atoms with Gasteiger partial charge < -0.3 is 20.3 Å². The number of rotatable bonds is 5. The maximum Gasteiger partial charge on any atom is 0.318 e. The Morgan fingerprint density at radius 3 is 2.39 bits per heavy atom. The number of methoxy groups -OCH3 is 1. The second-order valence-electron chi connectivity index (χ2n) is 7.98. The van der Waals surface area contributed by atoms with Crippen molar-refractivity contribution in [3.63, 3.8) is 0 Å². The highest BCUT2D eigenvalue weighted by Gasteiger charge is 2.50. The van der Waals surface area contributed by atoms with Crippen molar-refractivity contribution in [1.82, 2.24) is 15.5 Å². The van der Waals surface area contributed by atoms with Gasteiger partial charge in [0.05, 0.1) is 19.2 Å². The molecule has 2 aliphatic rings. The minimum absolute atomic E-state index is 0.0196. The molecule has 1 aliphatic carbocycles. The molecule has 0 atom stereocenters. The van der Waals surface area contributed by atoms with Crippen LogP contribution in [0.4, 0.5) is 4.79 Å². The Morgan fingerprint density at radius 1 is 1.04 bits per heavy atom. The molecule has 2 fully saturated rings. The molecule has 148 valence electrons. The summed E-state index contributed by atoms with van der Waals surface area (Å²) in [5.41, 5.74) is 2.23. The van der Waals surface area contributed by atoms with Crippen molar-refractivity contribution < 1.29 is 9.53 Å². The molecule has 1 spiro atoms. The lowest BCUT2D eigenvalue weighted by molar-refractivity contribution is 0.0739. The number of carbonyl (C=O) groups excluding carboxylic acids is 1. The highest BCUT2D eigenvalue weighted by atomic mass is 16.5. The van der Waals surface area contributed by atoms with E-state index in [1.54, 1.807) is 7.11 Å². The number of nitrogens with one attached hydrogen (secondary N) is 2. The third-order valence-corrected chi connectivity index (χ3v) is 6.75. The Kier molecular flexibility index (Phi) is 5.02. The molecule has 2 N–H and O–H groups in total. The molecule has 1 saturated heterocycles. The lowest BCUT2D eigenvalue weighted by Crippen LogP contribution is -2.54. The molecule has 1 heterocycles. The summed E-state index contributed by atoms with van der Waals surface area (Å²) in [5, 5.41) is 6.69. The largest absolute Gasteiger partial charge is 0.496 e. The van der Waals surface area contributed by atoms with Gasteiger partial charge in [-0.05, 0) is 44.4 Å². The summed E-state index contributed by atoms with van der Waals surface area (Å²) in [4.78, 5) is 14.7. The predicted molar refractivity (Wildman–Crippen MR) is 110 cm³/mol. The lowest BCUT2D eigenvalue weighted by atomic mass is 9.69. The quantitative estimate of drug-likeness (QED) is 0.834. The van der Waals surface area contributed by atoms with Crippen LogP contribution in [0.25, 0.3) is 0 Å². The molecule has 1 aliphatic heterocycles. The fraction of sp³-hybridized carbons (Fsp3) is 0.435. The first-order valence-electron chi connectivity index (χ1n) is 10.0. The van der Waals surface area contributed by atoms with Crippen molar-refractivity contribution in [2.75, 3.05) is 20.7 Å². The van der Waals surface area contributed by atoms with E-state index >= 15 is 0 Å². The smallest absolute Gasteiger partial charge is 0.318 e. The predicted octanol–water partition coefficient (Wildman–Crippen LogP) is 3.65. The van der Waals surface area contributed by atoms with Crippen molar-refractivity contribution in [2.24, 2.45) is 0 Å². The maximum atomic E-state index is 12.7. The minimum Gasteiger partial charge on any atom is -0.496 e. The van der Waals surface area contributed by atoms with E-state index in [1.807, 2.05) is 29.2 Å². The van der Waals surface area contributed by atoms with Crippen LogP contribution in [0.1, 0.15) is 36.8 Å². The van der Waals surface area contributed by atoms with Gasteiger partial charge in [0.1, 0.15) is 5.75 Å². The number of nitrogens with zero attached hydrogens (tertiary/aromatic N) is 1. The summed E-state index contributed by atoms with van der Waals surface area (Å²) < 4.78 is 5.51. The molecule has 4 rings (SSSR count). The minimum atomic E-state index is -0.132. The summed E-state index contributed by atoms with van der Waals surface area (Å²) in [7, 11) is 3.73. The molecule has 2 aromatic carbocycles. The van der Waals surface area contributed by atoms with Crippen LogP contribution < -0.4 is 15.4 Å². The topological polar surface area (TPSA) is 53.6 Å². The number of hydrogen-bond acceptors (Lipinski definition) is 3. The monoisotopic (exact) mass is 379 g/mol. The second-order valence-corrected chi connectivity index (χ2v) is 7.98. The zero-order chi connectivity index (χ0) is 19.6. The van der Waals surface area contributed by atoms with Gasteiger partial charge in [-0.15, -0.1) is 0 Å². The van der Waals surface area contributed by atoms with E-state index in [0.717, 1.165) is 43.5 Å². The van der Waals surface area contributed by atoms with E-state index in [9.17, 15) is 4.79 Å². The van der Waals surface area contributed by atoms with E-state index in [2.05, 4.69) is 48.0 Å². The summed E-state index contributed by atoms with van der Waals surface area (Å²) in [6.45, 7) is 1.29. The molecule has 1 saturated carbocycles. The van der Waals surface area contributed by atoms with Crippen LogP contribution in [-0.2, 0) is 12.1 Å². The van der Waals surface area contributed by atoms with E-state index in [0.29, 0.717) is 6.54 Å². The number of ether oxygens (including phenoxy) is 1. The van der Waals surface area contributed by atoms with Gasteiger partial charge in [-0.1, -0.05) is 48.5 Å². The van der Waals surface area contributed by atoms with Crippen molar-refractivity contribution in [2.45, 2.75) is 43.3 Å². The Bertz CT molecular complexity index is 829. The molecule has 0 unspecified atom stereocenters. The molecular formula is C23H29N3O2. The number of hydrogen-bond donors (Lipinski definition) is 2. The average Bonchev–Trinajstić information content (AvgIpc) is 3.05. The molecule has 0 radical (unpaired) electrons. The van der Waals surface area contributed by atoms with Gasteiger partial charge >= 0.3 is 6.03 Å². The normalized spacial score (nSPS) is 27.1. The molecule has 2 amide bonds. The first-order chi connectivity index (χ1) is 13.6. The van der Waals surface area contributed by atoms with Crippen molar-refractivity contribution in [1.29, 1.82) is 0 Å². The van der Waals surface area contributed by atoms with Gasteiger partial charge in [0.2, 0.25) is 0 Å². The maximum absolute atomic E-state index is 12.7. The molecule has 0 bridgehead atoms. The average molecular weight is 380 g/mol. The zero-order valence-electron chi connectivity index (χ0n) is 16.7. The first-order valence-corrected chi connectivity index (χ1v) is 10.0. The number of para-hydroxylation sites is 1. The number of carbonyl (C=O) groups is 1. The highest BCUT2D eigenvalue weighted by Crippen LogP contribution is 2.45. The first kappa shape index (κ1) is 18.8. The van der Waals surface area contributed by atoms with Gasteiger partial charge in [0, 0.05) is 17.6 Å². The van der Waals surface area contributed by atoms with Crippen LogP contribution in [0, 0.1) is 0 Å². The third kappa shape index (κ3) is 3.14. The van der Waals surface area contributed by atoms with Gasteiger partial charge in [-0.2, -0.15) is 0 Å².